The van der Waals surface area contributed by atoms with Gasteiger partial charge in [0.1, 0.15) is 12.3 Å². The highest BCUT2D eigenvalue weighted by atomic mass is 32.2. The number of nitrogens with zero attached hydrogens (tertiary/aromatic N) is 2. The fraction of sp³-hybridized carbons (Fsp3) is 0.714. The molecule has 9 heteroatoms. The molecule has 1 aromatic carbocycles. The second-order valence-corrected chi connectivity index (χ2v) is 11.0. The van der Waals surface area contributed by atoms with Gasteiger partial charge in [0, 0.05) is 13.1 Å². The lowest BCUT2D eigenvalue weighted by Gasteiger charge is -2.41. The van der Waals surface area contributed by atoms with Crippen LogP contribution in [0.1, 0.15) is 44.6 Å². The topological polar surface area (TPSA) is 49.9 Å². The van der Waals surface area contributed by atoms with E-state index < -0.39 is 28.5 Å². The Labute approximate surface area is 176 Å². The molecule has 2 saturated carbocycles. The van der Waals surface area contributed by atoms with E-state index in [1.165, 1.54) is 4.31 Å². The molecule has 0 amide bonds. The molecule has 1 saturated heterocycles. The van der Waals surface area contributed by atoms with Gasteiger partial charge in [-0.1, -0.05) is 25.5 Å². The fourth-order valence-corrected chi connectivity index (χ4v) is 8.02. The molecule has 3 aliphatic rings. The van der Waals surface area contributed by atoms with Crippen LogP contribution in [0.3, 0.4) is 0 Å². The average molecular weight is 447 g/mol. The maximum atomic E-state index is 13.4. The predicted molar refractivity (Wildman–Crippen MR) is 107 cm³/mol. The molecule has 30 heavy (non-hydrogen) atoms. The summed E-state index contributed by atoms with van der Waals surface area (Å²) in [4.78, 5) is 0. The van der Waals surface area contributed by atoms with E-state index >= 15 is 0 Å². The third kappa shape index (κ3) is 3.73. The summed E-state index contributed by atoms with van der Waals surface area (Å²) in [6.45, 7) is 0.763. The number of rotatable bonds is 4. The molecule has 4 unspecified atom stereocenters. The summed E-state index contributed by atoms with van der Waals surface area (Å²) in [7, 11) is -2.68. The summed E-state index contributed by atoms with van der Waals surface area (Å²) in [5, 5.41) is 0. The number of alkyl halides is 3. The van der Waals surface area contributed by atoms with Crippen LogP contribution in [-0.4, -0.2) is 48.9 Å². The third-order valence-corrected chi connectivity index (χ3v) is 9.25. The van der Waals surface area contributed by atoms with Crippen molar-refractivity contribution in [1.29, 1.82) is 0 Å². The normalized spacial score (nSPS) is 34.4. The van der Waals surface area contributed by atoms with Gasteiger partial charge in [-0.15, -0.1) is 0 Å². The monoisotopic (exact) mass is 446 g/mol. The molecule has 1 heterocycles. The van der Waals surface area contributed by atoms with Gasteiger partial charge in [-0.05, 0) is 61.1 Å². The Hall–Kier alpha value is -1.32. The number of halogens is 3. The van der Waals surface area contributed by atoms with Crippen LogP contribution in [0, 0.1) is 17.8 Å². The Balaban J connectivity index is 1.75. The predicted octanol–water partition coefficient (Wildman–Crippen LogP) is 4.20. The lowest BCUT2D eigenvalue weighted by molar-refractivity contribution is -0.136. The quantitative estimate of drug-likeness (QED) is 0.696. The Morgan fingerprint density at radius 3 is 2.37 bits per heavy atom. The zero-order chi connectivity index (χ0) is 21.7. The summed E-state index contributed by atoms with van der Waals surface area (Å²) in [6, 6.07) is 7.08. The van der Waals surface area contributed by atoms with E-state index in [4.69, 9.17) is 4.74 Å². The Morgan fingerprint density at radius 2 is 1.73 bits per heavy atom. The van der Waals surface area contributed by atoms with Gasteiger partial charge < -0.3 is 4.74 Å². The molecule has 168 valence electrons. The second kappa shape index (κ2) is 7.67. The largest absolute Gasteiger partial charge is 0.497 e. The minimum absolute atomic E-state index is 0.0624. The fourth-order valence-electron chi connectivity index (χ4n) is 5.97. The summed E-state index contributed by atoms with van der Waals surface area (Å²) < 4.78 is 73.9. The first kappa shape index (κ1) is 21.9. The SMILES string of the molecule is COc1ccc(CN2C3(CN(CC(F)(F)F)S2(=O)=O)C2CCC(C)CC3CC2)cc1. The molecule has 0 aromatic heterocycles. The molecule has 1 aliphatic heterocycles. The zero-order valence-electron chi connectivity index (χ0n) is 17.4. The Kier molecular flexibility index (Phi) is 5.60. The van der Waals surface area contributed by atoms with E-state index in [1.807, 2.05) is 0 Å². The van der Waals surface area contributed by atoms with Gasteiger partial charge in [-0.3, -0.25) is 0 Å². The molecule has 1 aromatic rings. The van der Waals surface area contributed by atoms with E-state index in [0.29, 0.717) is 16.0 Å². The van der Waals surface area contributed by atoms with Crippen LogP contribution in [0.5, 0.6) is 5.75 Å². The van der Waals surface area contributed by atoms with Crippen molar-refractivity contribution in [2.75, 3.05) is 20.2 Å². The van der Waals surface area contributed by atoms with Crippen molar-refractivity contribution in [1.82, 2.24) is 8.61 Å². The number of ether oxygens (including phenoxy) is 1. The lowest BCUT2D eigenvalue weighted by Crippen LogP contribution is -2.53. The highest BCUT2D eigenvalue weighted by molar-refractivity contribution is 7.87. The first-order chi connectivity index (χ1) is 14.1. The van der Waals surface area contributed by atoms with E-state index in [1.54, 1.807) is 31.4 Å². The molecule has 4 atom stereocenters. The van der Waals surface area contributed by atoms with Crippen LogP contribution in [0.25, 0.3) is 0 Å². The maximum absolute atomic E-state index is 13.4. The molecule has 0 N–H and O–H groups in total. The second-order valence-electron chi connectivity index (χ2n) is 9.13. The summed E-state index contributed by atoms with van der Waals surface area (Å²) >= 11 is 0. The minimum atomic E-state index is -4.57. The minimum Gasteiger partial charge on any atom is -0.497 e. The van der Waals surface area contributed by atoms with Crippen LogP contribution in [0.2, 0.25) is 0 Å². The standard InChI is InChI=1S/C21H29F3N2O3S/c1-15-3-6-17-7-8-18(11-15)20(17)13-25(14-21(22,23)24)30(27,28)26(20)12-16-4-9-19(29-2)10-5-16/h4-5,9-10,15,17-18H,3,6-8,11-14H2,1-2H3. The highest BCUT2D eigenvalue weighted by Crippen LogP contribution is 2.57. The van der Waals surface area contributed by atoms with Gasteiger partial charge in [-0.2, -0.15) is 30.2 Å². The molecule has 2 aliphatic carbocycles. The summed E-state index contributed by atoms with van der Waals surface area (Å²) in [6.07, 6.45) is -0.0768. The van der Waals surface area contributed by atoms with Crippen molar-refractivity contribution in [2.24, 2.45) is 17.8 Å². The number of hydrogen-bond donors (Lipinski definition) is 0. The van der Waals surface area contributed by atoms with Crippen molar-refractivity contribution in [3.63, 3.8) is 0 Å². The van der Waals surface area contributed by atoms with Gasteiger partial charge in [0.2, 0.25) is 0 Å². The van der Waals surface area contributed by atoms with E-state index in [2.05, 4.69) is 6.92 Å². The highest BCUT2D eigenvalue weighted by Gasteiger charge is 2.65. The summed E-state index contributed by atoms with van der Waals surface area (Å²) in [5.74, 6) is 1.30. The van der Waals surface area contributed by atoms with Crippen LogP contribution >= 0.6 is 0 Å². The van der Waals surface area contributed by atoms with E-state index in [9.17, 15) is 21.6 Å². The average Bonchev–Trinajstić information content (AvgIpc) is 3.03. The van der Waals surface area contributed by atoms with Gasteiger partial charge >= 0.3 is 6.18 Å². The van der Waals surface area contributed by atoms with Crippen LogP contribution in [0.15, 0.2) is 24.3 Å². The van der Waals surface area contributed by atoms with Crippen LogP contribution < -0.4 is 4.74 Å². The molecule has 2 bridgehead atoms. The smallest absolute Gasteiger partial charge is 0.402 e. The van der Waals surface area contributed by atoms with Crippen molar-refractivity contribution in [2.45, 2.75) is 57.3 Å². The van der Waals surface area contributed by atoms with Gasteiger partial charge in [0.15, 0.2) is 0 Å². The van der Waals surface area contributed by atoms with E-state index in [0.717, 1.165) is 37.7 Å². The molecule has 1 spiro atoms. The molecule has 3 fully saturated rings. The molecule has 0 radical (unpaired) electrons. The number of benzene rings is 1. The third-order valence-electron chi connectivity index (χ3n) is 7.31. The van der Waals surface area contributed by atoms with Crippen LogP contribution in [-0.2, 0) is 16.8 Å². The summed E-state index contributed by atoms with van der Waals surface area (Å²) in [5.41, 5.74) is -0.00120. The number of hydrogen-bond acceptors (Lipinski definition) is 3. The number of methoxy groups -OCH3 is 1. The molecule has 5 nitrogen and oxygen atoms in total. The zero-order valence-corrected chi connectivity index (χ0v) is 18.2. The maximum Gasteiger partial charge on any atom is 0.402 e. The van der Waals surface area contributed by atoms with Crippen molar-refractivity contribution in [3.8, 4) is 5.75 Å². The molecular formula is C21H29F3N2O3S. The van der Waals surface area contributed by atoms with Crippen molar-refractivity contribution in [3.05, 3.63) is 29.8 Å². The van der Waals surface area contributed by atoms with Crippen molar-refractivity contribution < 1.29 is 26.3 Å². The Morgan fingerprint density at radius 1 is 1.10 bits per heavy atom. The van der Waals surface area contributed by atoms with Crippen LogP contribution in [0.4, 0.5) is 13.2 Å². The van der Waals surface area contributed by atoms with Gasteiger partial charge in [-0.25, -0.2) is 0 Å². The molecular weight excluding hydrogens is 417 g/mol. The first-order valence-electron chi connectivity index (χ1n) is 10.5. The lowest BCUT2D eigenvalue weighted by atomic mass is 9.78. The molecule has 4 rings (SSSR count). The van der Waals surface area contributed by atoms with E-state index in [-0.39, 0.29) is 24.9 Å². The first-order valence-corrected chi connectivity index (χ1v) is 11.9. The van der Waals surface area contributed by atoms with Crippen molar-refractivity contribution >= 4 is 10.2 Å². The van der Waals surface area contributed by atoms with Gasteiger partial charge in [0.25, 0.3) is 10.2 Å². The Bertz CT molecular complexity index is 874. The van der Waals surface area contributed by atoms with Gasteiger partial charge in [0.05, 0.1) is 12.6 Å².